The van der Waals surface area contributed by atoms with Crippen molar-refractivity contribution in [2.24, 2.45) is 0 Å². The number of aromatic nitrogens is 1. The first-order valence-corrected chi connectivity index (χ1v) is 10.8. The van der Waals surface area contributed by atoms with E-state index >= 15 is 0 Å². The molecule has 8 nitrogen and oxygen atoms in total. The lowest BCUT2D eigenvalue weighted by Gasteiger charge is -2.30. The molecule has 3 aromatic rings. The van der Waals surface area contributed by atoms with Gasteiger partial charge in [0.15, 0.2) is 0 Å². The molecule has 1 aliphatic rings. The Labute approximate surface area is 186 Å². The van der Waals surface area contributed by atoms with Gasteiger partial charge < -0.3 is 9.42 Å². The number of hydrogen-bond acceptors (Lipinski definition) is 6. The summed E-state index contributed by atoms with van der Waals surface area (Å²) in [5, 5.41) is 15.2. The van der Waals surface area contributed by atoms with Crippen LogP contribution in [0.15, 0.2) is 59.1 Å². The van der Waals surface area contributed by atoms with Crippen LogP contribution in [0.4, 0.5) is 11.4 Å². The van der Waals surface area contributed by atoms with Crippen LogP contribution < -0.4 is 4.90 Å². The monoisotopic (exact) mass is 434 g/mol. The highest BCUT2D eigenvalue weighted by Crippen LogP contribution is 2.30. The van der Waals surface area contributed by atoms with Crippen LogP contribution in [0.2, 0.25) is 0 Å². The number of hydrogen-bond donors (Lipinski definition) is 0. The molecular weight excluding hydrogens is 408 g/mol. The number of carbonyl (C=O) groups excluding carboxylic acids is 1. The first-order chi connectivity index (χ1) is 15.5. The highest BCUT2D eigenvalue weighted by atomic mass is 16.6. The lowest BCUT2D eigenvalue weighted by atomic mass is 10.0. The molecule has 0 radical (unpaired) electrons. The molecule has 1 aromatic heterocycles. The maximum Gasteiger partial charge on any atom is 0.269 e. The molecule has 0 spiro atoms. The topological polar surface area (TPSA) is 92.7 Å². The molecule has 0 fully saturated rings. The fraction of sp³-hybridized carbons (Fsp3) is 0.333. The third kappa shape index (κ3) is 5.03. The van der Waals surface area contributed by atoms with Gasteiger partial charge in [-0.05, 0) is 44.5 Å². The summed E-state index contributed by atoms with van der Waals surface area (Å²) in [7, 11) is 1.92. The Hall–Kier alpha value is -3.52. The van der Waals surface area contributed by atoms with Gasteiger partial charge in [-0.3, -0.25) is 19.8 Å². The number of fused-ring (bicyclic) bond motifs is 1. The van der Waals surface area contributed by atoms with Crippen LogP contribution >= 0.6 is 0 Å². The van der Waals surface area contributed by atoms with E-state index in [0.29, 0.717) is 13.1 Å². The molecule has 2 aromatic carbocycles. The molecule has 1 aliphatic heterocycles. The fourth-order valence-corrected chi connectivity index (χ4v) is 4.05. The maximum absolute atomic E-state index is 12.9. The molecule has 166 valence electrons. The Morgan fingerprint density at radius 1 is 1.22 bits per heavy atom. The van der Waals surface area contributed by atoms with Crippen molar-refractivity contribution >= 4 is 17.3 Å². The third-order valence-corrected chi connectivity index (χ3v) is 5.69. The number of nitrogens with zero attached hydrogens (tertiary/aromatic N) is 4. The van der Waals surface area contributed by atoms with E-state index in [0.717, 1.165) is 60.5 Å². The van der Waals surface area contributed by atoms with Gasteiger partial charge in [0.2, 0.25) is 5.91 Å². The number of non-ortho nitro benzene ring substituents is 1. The van der Waals surface area contributed by atoms with E-state index in [9.17, 15) is 14.9 Å². The second-order valence-electron chi connectivity index (χ2n) is 8.10. The van der Waals surface area contributed by atoms with Gasteiger partial charge in [-0.2, -0.15) is 0 Å². The molecule has 0 aliphatic carbocycles. The van der Waals surface area contributed by atoms with Gasteiger partial charge in [0, 0.05) is 42.4 Å². The standard InChI is InChI=1S/C24H26N4O4/c1-26(13-6-10-21-16-22(25-32-21)18-7-3-2-4-8-18)17-24(29)27-14-5-9-19-15-20(28(30)31)11-12-23(19)27/h2-4,7-8,11-12,15-16H,5-6,9-10,13-14,17H2,1H3. The molecule has 1 amide bonds. The van der Waals surface area contributed by atoms with Gasteiger partial charge in [0.1, 0.15) is 11.5 Å². The van der Waals surface area contributed by atoms with Gasteiger partial charge in [-0.15, -0.1) is 0 Å². The normalized spacial score (nSPS) is 13.2. The molecule has 8 heteroatoms. The van der Waals surface area contributed by atoms with Crippen LogP contribution in [0, 0.1) is 10.1 Å². The van der Waals surface area contributed by atoms with E-state index in [4.69, 9.17) is 4.52 Å². The molecule has 0 saturated carbocycles. The third-order valence-electron chi connectivity index (χ3n) is 5.69. The van der Waals surface area contributed by atoms with Gasteiger partial charge in [-0.25, -0.2) is 0 Å². The summed E-state index contributed by atoms with van der Waals surface area (Å²) < 4.78 is 5.45. The zero-order valence-electron chi connectivity index (χ0n) is 18.1. The summed E-state index contributed by atoms with van der Waals surface area (Å²) in [6.07, 6.45) is 3.14. The summed E-state index contributed by atoms with van der Waals surface area (Å²) in [5.74, 6) is 0.837. The van der Waals surface area contributed by atoms with Crippen LogP contribution in [0.25, 0.3) is 11.3 Å². The highest BCUT2D eigenvalue weighted by Gasteiger charge is 2.25. The molecule has 0 saturated heterocycles. The molecule has 0 bridgehead atoms. The molecule has 2 heterocycles. The number of nitro benzene ring substituents is 1. The Morgan fingerprint density at radius 2 is 2.03 bits per heavy atom. The van der Waals surface area contributed by atoms with Gasteiger partial charge in [0.05, 0.1) is 11.5 Å². The first kappa shape index (κ1) is 21.7. The summed E-state index contributed by atoms with van der Waals surface area (Å²) in [6.45, 7) is 1.67. The molecule has 0 unspecified atom stereocenters. The Morgan fingerprint density at radius 3 is 2.81 bits per heavy atom. The minimum absolute atomic E-state index is 0.00771. The molecular formula is C24H26N4O4. The Kier molecular flexibility index (Phi) is 6.61. The van der Waals surface area contributed by atoms with Gasteiger partial charge >= 0.3 is 0 Å². The number of nitro groups is 1. The van der Waals surface area contributed by atoms with Crippen LogP contribution in [0.3, 0.4) is 0 Å². The molecule has 0 atom stereocenters. The molecule has 0 N–H and O–H groups in total. The minimum atomic E-state index is -0.397. The minimum Gasteiger partial charge on any atom is -0.361 e. The largest absolute Gasteiger partial charge is 0.361 e. The van der Waals surface area contributed by atoms with E-state index in [-0.39, 0.29) is 11.6 Å². The number of amides is 1. The second kappa shape index (κ2) is 9.74. The quantitative estimate of drug-likeness (QED) is 0.392. The van der Waals surface area contributed by atoms with Crippen molar-refractivity contribution in [2.45, 2.75) is 25.7 Å². The van der Waals surface area contributed by atoms with Crippen molar-refractivity contribution in [3.63, 3.8) is 0 Å². The molecule has 32 heavy (non-hydrogen) atoms. The van der Waals surface area contributed by atoms with Crippen molar-refractivity contribution in [3.05, 3.63) is 76.0 Å². The average molecular weight is 434 g/mol. The number of anilines is 1. The number of carbonyl (C=O) groups is 1. The average Bonchev–Trinajstić information content (AvgIpc) is 3.27. The van der Waals surface area contributed by atoms with E-state index in [1.165, 1.54) is 6.07 Å². The van der Waals surface area contributed by atoms with Crippen molar-refractivity contribution in [2.75, 3.05) is 31.6 Å². The molecule has 4 rings (SSSR count). The number of aryl methyl sites for hydroxylation is 2. The first-order valence-electron chi connectivity index (χ1n) is 10.8. The Bertz CT molecular complexity index is 1100. The van der Waals surface area contributed by atoms with Crippen LogP contribution in [0.5, 0.6) is 0 Å². The number of rotatable bonds is 8. The summed E-state index contributed by atoms with van der Waals surface area (Å²) in [5.41, 5.74) is 3.57. The lowest BCUT2D eigenvalue weighted by molar-refractivity contribution is -0.384. The van der Waals surface area contributed by atoms with E-state index in [1.54, 1.807) is 17.0 Å². The van der Waals surface area contributed by atoms with Crippen molar-refractivity contribution in [1.29, 1.82) is 0 Å². The Balaban J connectivity index is 1.29. The van der Waals surface area contributed by atoms with E-state index in [1.807, 2.05) is 48.3 Å². The lowest BCUT2D eigenvalue weighted by Crippen LogP contribution is -2.42. The van der Waals surface area contributed by atoms with Crippen molar-refractivity contribution < 1.29 is 14.2 Å². The zero-order chi connectivity index (χ0) is 22.5. The maximum atomic E-state index is 12.9. The predicted octanol–water partition coefficient (Wildman–Crippen LogP) is 4.09. The smallest absolute Gasteiger partial charge is 0.269 e. The van der Waals surface area contributed by atoms with Crippen molar-refractivity contribution in [3.8, 4) is 11.3 Å². The van der Waals surface area contributed by atoms with Crippen LogP contribution in [0.1, 0.15) is 24.2 Å². The fourth-order valence-electron chi connectivity index (χ4n) is 4.05. The number of benzene rings is 2. The second-order valence-corrected chi connectivity index (χ2v) is 8.10. The van der Waals surface area contributed by atoms with Crippen LogP contribution in [-0.2, 0) is 17.6 Å². The van der Waals surface area contributed by atoms with Crippen LogP contribution in [-0.4, -0.2) is 47.6 Å². The summed E-state index contributed by atoms with van der Waals surface area (Å²) in [4.78, 5) is 27.3. The van der Waals surface area contributed by atoms with E-state index in [2.05, 4.69) is 5.16 Å². The van der Waals surface area contributed by atoms with Gasteiger partial charge in [-0.1, -0.05) is 35.5 Å². The van der Waals surface area contributed by atoms with E-state index < -0.39 is 4.92 Å². The van der Waals surface area contributed by atoms with Gasteiger partial charge in [0.25, 0.3) is 5.69 Å². The summed E-state index contributed by atoms with van der Waals surface area (Å²) >= 11 is 0. The number of likely N-dealkylation sites (N-methyl/N-ethyl adjacent to an activating group) is 1. The zero-order valence-corrected chi connectivity index (χ0v) is 18.1. The summed E-state index contributed by atoms with van der Waals surface area (Å²) in [6, 6.07) is 16.6. The van der Waals surface area contributed by atoms with Crippen molar-refractivity contribution in [1.82, 2.24) is 10.1 Å². The SMILES string of the molecule is CN(CCCc1cc(-c2ccccc2)no1)CC(=O)N1CCCc2cc([N+](=O)[O-])ccc21. The predicted molar refractivity (Wildman–Crippen MR) is 122 cm³/mol. The highest BCUT2D eigenvalue weighted by molar-refractivity contribution is 5.96.